The molecule has 0 heterocycles. The molecule has 25 heavy (non-hydrogen) atoms. The maximum Gasteiger partial charge on any atom is 0.341 e. The molecule has 0 atom stereocenters. The fourth-order valence-corrected chi connectivity index (χ4v) is 2.78. The SMILES string of the molecule is CN(C)c1ccc(C=CC(=O)c2ccc(S(=O)(=O)C(F)F)cc2)cc1. The van der Waals surface area contributed by atoms with Crippen LogP contribution in [0.25, 0.3) is 6.08 Å². The lowest BCUT2D eigenvalue weighted by Crippen LogP contribution is -2.11. The summed E-state index contributed by atoms with van der Waals surface area (Å²) in [6.45, 7) is 0. The van der Waals surface area contributed by atoms with Gasteiger partial charge in [0.1, 0.15) is 0 Å². The zero-order valence-electron chi connectivity index (χ0n) is 13.7. The fraction of sp³-hybridized carbons (Fsp3) is 0.167. The molecule has 0 unspecified atom stereocenters. The van der Waals surface area contributed by atoms with Crippen LogP contribution in [0.3, 0.4) is 0 Å². The number of rotatable bonds is 6. The summed E-state index contributed by atoms with van der Waals surface area (Å²) in [7, 11) is -0.807. The largest absolute Gasteiger partial charge is 0.378 e. The van der Waals surface area contributed by atoms with Crippen LogP contribution in [0.4, 0.5) is 14.5 Å². The first-order valence-electron chi connectivity index (χ1n) is 7.34. The summed E-state index contributed by atoms with van der Waals surface area (Å²) >= 11 is 0. The lowest BCUT2D eigenvalue weighted by molar-refractivity contribution is 0.104. The van der Waals surface area contributed by atoms with Crippen molar-refractivity contribution in [1.29, 1.82) is 0 Å². The number of alkyl halides is 2. The van der Waals surface area contributed by atoms with Gasteiger partial charge < -0.3 is 4.90 Å². The van der Waals surface area contributed by atoms with Crippen molar-refractivity contribution in [2.75, 3.05) is 19.0 Å². The van der Waals surface area contributed by atoms with Gasteiger partial charge in [-0.05, 0) is 48.0 Å². The predicted molar refractivity (Wildman–Crippen MR) is 93.8 cm³/mol. The highest BCUT2D eigenvalue weighted by molar-refractivity contribution is 7.91. The van der Waals surface area contributed by atoms with E-state index < -0.39 is 20.5 Å². The molecule has 0 aromatic heterocycles. The predicted octanol–water partition coefficient (Wildman–Crippen LogP) is 3.65. The summed E-state index contributed by atoms with van der Waals surface area (Å²) in [4.78, 5) is 13.5. The van der Waals surface area contributed by atoms with Crippen molar-refractivity contribution < 1.29 is 22.0 Å². The number of carbonyl (C=O) groups is 1. The van der Waals surface area contributed by atoms with Crippen molar-refractivity contribution in [3.8, 4) is 0 Å². The molecule has 0 aliphatic heterocycles. The van der Waals surface area contributed by atoms with Gasteiger partial charge in [-0.2, -0.15) is 8.78 Å². The smallest absolute Gasteiger partial charge is 0.341 e. The number of carbonyl (C=O) groups excluding carboxylic acids is 1. The Morgan fingerprint density at radius 2 is 1.56 bits per heavy atom. The molecule has 2 aromatic rings. The fourth-order valence-electron chi connectivity index (χ4n) is 2.06. The van der Waals surface area contributed by atoms with E-state index in [2.05, 4.69) is 0 Å². The van der Waals surface area contributed by atoms with E-state index in [9.17, 15) is 22.0 Å². The third kappa shape index (κ3) is 4.51. The molecule has 0 aliphatic rings. The number of hydrogen-bond donors (Lipinski definition) is 0. The van der Waals surface area contributed by atoms with Crippen LogP contribution in [-0.4, -0.2) is 34.1 Å². The number of sulfone groups is 1. The van der Waals surface area contributed by atoms with Crippen molar-refractivity contribution >= 4 is 27.4 Å². The van der Waals surface area contributed by atoms with Crippen molar-refractivity contribution in [2.24, 2.45) is 0 Å². The number of ketones is 1. The summed E-state index contributed by atoms with van der Waals surface area (Å²) in [5.74, 6) is -3.84. The Hall–Kier alpha value is -2.54. The third-order valence-corrected chi connectivity index (χ3v) is 4.94. The highest BCUT2D eigenvalue weighted by Crippen LogP contribution is 2.19. The summed E-state index contributed by atoms with van der Waals surface area (Å²) in [5.41, 5.74) is 2.07. The maximum absolute atomic E-state index is 12.5. The van der Waals surface area contributed by atoms with E-state index >= 15 is 0 Å². The topological polar surface area (TPSA) is 54.5 Å². The van der Waals surface area contributed by atoms with E-state index in [1.165, 1.54) is 18.2 Å². The lowest BCUT2D eigenvalue weighted by atomic mass is 10.1. The van der Waals surface area contributed by atoms with Crippen LogP contribution in [0.2, 0.25) is 0 Å². The van der Waals surface area contributed by atoms with E-state index in [4.69, 9.17) is 0 Å². The molecule has 2 rings (SSSR count). The van der Waals surface area contributed by atoms with E-state index in [1.807, 2.05) is 43.3 Å². The van der Waals surface area contributed by atoms with Crippen LogP contribution < -0.4 is 4.90 Å². The van der Waals surface area contributed by atoms with E-state index in [-0.39, 0.29) is 11.3 Å². The van der Waals surface area contributed by atoms with Crippen LogP contribution in [0.5, 0.6) is 0 Å². The van der Waals surface area contributed by atoms with Crippen molar-refractivity contribution in [2.45, 2.75) is 10.7 Å². The zero-order chi connectivity index (χ0) is 18.6. The van der Waals surface area contributed by atoms with Crippen molar-refractivity contribution in [3.05, 3.63) is 65.7 Å². The van der Waals surface area contributed by atoms with Crippen LogP contribution >= 0.6 is 0 Å². The molecule has 132 valence electrons. The molecule has 0 aliphatic carbocycles. The van der Waals surface area contributed by atoms with Gasteiger partial charge >= 0.3 is 5.76 Å². The van der Waals surface area contributed by atoms with Gasteiger partial charge in [0.25, 0.3) is 0 Å². The van der Waals surface area contributed by atoms with Crippen LogP contribution in [0.1, 0.15) is 15.9 Å². The maximum atomic E-state index is 12.5. The highest BCUT2D eigenvalue weighted by Gasteiger charge is 2.26. The third-order valence-electron chi connectivity index (χ3n) is 3.54. The van der Waals surface area contributed by atoms with Gasteiger partial charge in [-0.1, -0.05) is 18.2 Å². The number of benzene rings is 2. The minimum atomic E-state index is -4.65. The minimum absolute atomic E-state index is 0.217. The van der Waals surface area contributed by atoms with Gasteiger partial charge in [0.2, 0.25) is 9.84 Å². The molecular formula is C18H17F2NO3S. The molecular weight excluding hydrogens is 348 g/mol. The second kappa shape index (κ2) is 7.57. The van der Waals surface area contributed by atoms with E-state index in [1.54, 1.807) is 6.08 Å². The number of allylic oxidation sites excluding steroid dienone is 1. The lowest BCUT2D eigenvalue weighted by Gasteiger charge is -2.11. The average Bonchev–Trinajstić information content (AvgIpc) is 2.60. The monoisotopic (exact) mass is 365 g/mol. The van der Waals surface area contributed by atoms with Crippen LogP contribution in [0.15, 0.2) is 59.5 Å². The Bertz CT molecular complexity index is 872. The second-order valence-electron chi connectivity index (χ2n) is 5.51. The Kier molecular flexibility index (Phi) is 5.69. The Morgan fingerprint density at radius 3 is 2.04 bits per heavy atom. The van der Waals surface area contributed by atoms with Crippen LogP contribution in [-0.2, 0) is 9.84 Å². The zero-order valence-corrected chi connectivity index (χ0v) is 14.5. The molecule has 0 saturated heterocycles. The van der Waals surface area contributed by atoms with Crippen LogP contribution in [0, 0.1) is 0 Å². The summed E-state index contributed by atoms with van der Waals surface area (Å²) in [6.07, 6.45) is 2.98. The van der Waals surface area contributed by atoms with Gasteiger partial charge in [-0.3, -0.25) is 4.79 Å². The van der Waals surface area contributed by atoms with Gasteiger partial charge in [0, 0.05) is 25.3 Å². The number of nitrogens with zero attached hydrogens (tertiary/aromatic N) is 1. The molecule has 0 N–H and O–H groups in total. The van der Waals surface area contributed by atoms with Gasteiger partial charge in [-0.25, -0.2) is 8.42 Å². The Balaban J connectivity index is 2.13. The molecule has 0 bridgehead atoms. The number of hydrogen-bond acceptors (Lipinski definition) is 4. The number of anilines is 1. The second-order valence-corrected chi connectivity index (χ2v) is 7.43. The molecule has 0 amide bonds. The first kappa shape index (κ1) is 18.8. The normalized spacial score (nSPS) is 11.9. The molecule has 0 radical (unpaired) electrons. The van der Waals surface area contributed by atoms with E-state index in [0.29, 0.717) is 0 Å². The Labute approximate surface area is 145 Å². The molecule has 0 fully saturated rings. The highest BCUT2D eigenvalue weighted by atomic mass is 32.2. The van der Waals surface area contributed by atoms with Crippen molar-refractivity contribution in [3.63, 3.8) is 0 Å². The summed E-state index contributed by atoms with van der Waals surface area (Å²) < 4.78 is 47.6. The van der Waals surface area contributed by atoms with Gasteiger partial charge in [0.15, 0.2) is 5.78 Å². The van der Waals surface area contributed by atoms with Gasteiger partial charge in [-0.15, -0.1) is 0 Å². The minimum Gasteiger partial charge on any atom is -0.378 e. The first-order valence-corrected chi connectivity index (χ1v) is 8.88. The summed E-state index contributed by atoms with van der Waals surface area (Å²) in [6, 6.07) is 12.0. The molecule has 4 nitrogen and oxygen atoms in total. The van der Waals surface area contributed by atoms with Gasteiger partial charge in [0.05, 0.1) is 4.90 Å². The first-order chi connectivity index (χ1) is 11.7. The van der Waals surface area contributed by atoms with E-state index in [0.717, 1.165) is 23.4 Å². The Morgan fingerprint density at radius 1 is 1.00 bits per heavy atom. The van der Waals surface area contributed by atoms with Crippen molar-refractivity contribution in [1.82, 2.24) is 0 Å². The molecule has 0 saturated carbocycles. The molecule has 7 heteroatoms. The molecule has 2 aromatic carbocycles. The molecule has 0 spiro atoms. The summed E-state index contributed by atoms with van der Waals surface area (Å²) in [5, 5.41) is 0. The average molecular weight is 365 g/mol. The quantitative estimate of drug-likeness (QED) is 0.579. The standard InChI is InChI=1S/C18H17F2NO3S/c1-21(2)15-8-3-13(4-9-15)5-12-17(22)14-6-10-16(11-7-14)25(23,24)18(19)20/h3-12,18H,1-2H3. The number of halogens is 2.